The molecular weight excluding hydrogens is 396 g/mol. The van der Waals surface area contributed by atoms with Crippen LogP contribution in [0, 0.1) is 6.92 Å². The number of anilines is 2. The summed E-state index contributed by atoms with van der Waals surface area (Å²) in [5, 5.41) is 22.7. The number of benzene rings is 2. The smallest absolute Gasteiger partial charge is 0.335 e. The summed E-state index contributed by atoms with van der Waals surface area (Å²) in [6.07, 6.45) is 1.66. The number of rotatable bonds is 8. The van der Waals surface area contributed by atoms with Crippen molar-refractivity contribution < 1.29 is 29.4 Å². The Morgan fingerprint density at radius 1 is 0.966 bits per heavy atom. The Morgan fingerprint density at radius 2 is 1.66 bits per heavy atom. The molecule has 0 aliphatic carbocycles. The lowest BCUT2D eigenvalue weighted by molar-refractivity contribution is -0.131. The van der Waals surface area contributed by atoms with Gasteiger partial charge in [-0.15, -0.1) is 11.8 Å². The third-order valence-electron chi connectivity index (χ3n) is 3.63. The van der Waals surface area contributed by atoms with E-state index >= 15 is 0 Å². The van der Waals surface area contributed by atoms with Crippen LogP contribution < -0.4 is 10.6 Å². The molecule has 0 saturated carbocycles. The van der Waals surface area contributed by atoms with Gasteiger partial charge < -0.3 is 20.8 Å². The molecule has 2 rings (SSSR count). The first-order valence-electron chi connectivity index (χ1n) is 8.33. The van der Waals surface area contributed by atoms with Gasteiger partial charge in [-0.25, -0.2) is 9.59 Å². The molecule has 0 radical (unpaired) electrons. The highest BCUT2D eigenvalue weighted by Gasteiger charge is 2.10. The van der Waals surface area contributed by atoms with Crippen molar-refractivity contribution in [3.63, 3.8) is 0 Å². The average molecular weight is 414 g/mol. The first-order valence-corrected chi connectivity index (χ1v) is 9.32. The maximum absolute atomic E-state index is 12.2. The van der Waals surface area contributed by atoms with Gasteiger partial charge in [0.15, 0.2) is 0 Å². The molecule has 2 amide bonds. The monoisotopic (exact) mass is 414 g/mol. The van der Waals surface area contributed by atoms with Gasteiger partial charge in [-0.3, -0.25) is 9.59 Å². The third-order valence-corrected chi connectivity index (χ3v) is 4.64. The van der Waals surface area contributed by atoms with E-state index in [0.717, 1.165) is 22.6 Å². The van der Waals surface area contributed by atoms with Gasteiger partial charge in [-0.1, -0.05) is 6.07 Å². The lowest BCUT2D eigenvalue weighted by atomic mass is 10.1. The van der Waals surface area contributed by atoms with Gasteiger partial charge in [0, 0.05) is 28.4 Å². The number of amides is 2. The van der Waals surface area contributed by atoms with Crippen LogP contribution in [0.4, 0.5) is 11.4 Å². The third kappa shape index (κ3) is 7.15. The zero-order valence-corrected chi connectivity index (χ0v) is 16.2. The molecule has 4 N–H and O–H groups in total. The molecule has 8 nitrogen and oxygen atoms in total. The molecule has 9 heteroatoms. The number of hydrogen-bond acceptors (Lipinski definition) is 5. The maximum Gasteiger partial charge on any atom is 0.335 e. The molecule has 2 aromatic carbocycles. The van der Waals surface area contributed by atoms with Crippen LogP contribution in [-0.4, -0.2) is 39.7 Å². The Balaban J connectivity index is 1.89. The number of hydrogen-bond donors (Lipinski definition) is 4. The zero-order chi connectivity index (χ0) is 21.4. The number of nitrogens with one attached hydrogen (secondary N) is 2. The van der Waals surface area contributed by atoms with Crippen molar-refractivity contribution in [1.29, 1.82) is 0 Å². The molecule has 29 heavy (non-hydrogen) atoms. The van der Waals surface area contributed by atoms with Crippen LogP contribution in [0.5, 0.6) is 0 Å². The molecule has 0 atom stereocenters. The van der Waals surface area contributed by atoms with E-state index in [0.29, 0.717) is 11.4 Å². The largest absolute Gasteiger partial charge is 0.478 e. The number of aromatic carboxylic acids is 1. The van der Waals surface area contributed by atoms with E-state index in [4.69, 9.17) is 10.2 Å². The SMILES string of the molecule is Cc1ccc(C(=O)O)cc1NC(=O)CSc1ccc(NC(=O)/C=C/C(=O)O)cc1. The van der Waals surface area contributed by atoms with Crippen LogP contribution in [0.25, 0.3) is 0 Å². The van der Waals surface area contributed by atoms with Crippen LogP contribution in [0.3, 0.4) is 0 Å². The quantitative estimate of drug-likeness (QED) is 0.385. The Kier molecular flexibility index (Phi) is 7.55. The number of aryl methyl sites for hydroxylation is 1. The Hall–Kier alpha value is -3.59. The molecule has 150 valence electrons. The van der Waals surface area contributed by atoms with Gasteiger partial charge in [0.1, 0.15) is 0 Å². The van der Waals surface area contributed by atoms with Gasteiger partial charge in [-0.05, 0) is 48.9 Å². The van der Waals surface area contributed by atoms with E-state index < -0.39 is 17.8 Å². The van der Waals surface area contributed by atoms with E-state index in [9.17, 15) is 19.2 Å². The first-order chi connectivity index (χ1) is 13.7. The summed E-state index contributed by atoms with van der Waals surface area (Å²) in [4.78, 5) is 45.9. The van der Waals surface area contributed by atoms with Crippen molar-refractivity contribution in [1.82, 2.24) is 0 Å². The summed E-state index contributed by atoms with van der Waals surface area (Å²) in [6.45, 7) is 1.77. The van der Waals surface area contributed by atoms with Gasteiger partial charge in [0.2, 0.25) is 11.8 Å². The van der Waals surface area contributed by atoms with E-state index in [-0.39, 0.29) is 17.2 Å². The minimum atomic E-state index is -1.21. The second-order valence-corrected chi connectivity index (χ2v) is 6.91. The van der Waals surface area contributed by atoms with Crippen molar-refractivity contribution in [2.45, 2.75) is 11.8 Å². The van der Waals surface area contributed by atoms with Crippen LogP contribution in [0.2, 0.25) is 0 Å². The normalized spacial score (nSPS) is 10.5. The van der Waals surface area contributed by atoms with E-state index in [1.165, 1.54) is 23.9 Å². The molecule has 0 saturated heterocycles. The van der Waals surface area contributed by atoms with E-state index in [2.05, 4.69) is 10.6 Å². The van der Waals surface area contributed by atoms with Crippen molar-refractivity contribution >= 4 is 46.9 Å². The van der Waals surface area contributed by atoms with Crippen molar-refractivity contribution in [2.24, 2.45) is 0 Å². The fourth-order valence-electron chi connectivity index (χ4n) is 2.19. The summed E-state index contributed by atoms with van der Waals surface area (Å²) in [5.74, 6) is -3.01. The summed E-state index contributed by atoms with van der Waals surface area (Å²) in [6, 6.07) is 11.2. The highest BCUT2D eigenvalue weighted by atomic mass is 32.2. The van der Waals surface area contributed by atoms with Gasteiger partial charge >= 0.3 is 11.9 Å². The summed E-state index contributed by atoms with van der Waals surface area (Å²) < 4.78 is 0. The molecule has 0 spiro atoms. The molecular formula is C20H18N2O6S. The number of carboxylic acids is 2. The highest BCUT2D eigenvalue weighted by Crippen LogP contribution is 2.22. The van der Waals surface area contributed by atoms with Crippen molar-refractivity contribution in [3.05, 3.63) is 65.7 Å². The van der Waals surface area contributed by atoms with Crippen LogP contribution in [0.15, 0.2) is 59.5 Å². The van der Waals surface area contributed by atoms with Crippen molar-refractivity contribution in [2.75, 3.05) is 16.4 Å². The predicted molar refractivity (Wildman–Crippen MR) is 109 cm³/mol. The van der Waals surface area contributed by atoms with Gasteiger partial charge in [0.25, 0.3) is 0 Å². The molecule has 0 bridgehead atoms. The molecule has 0 heterocycles. The van der Waals surface area contributed by atoms with Crippen LogP contribution in [0.1, 0.15) is 15.9 Å². The highest BCUT2D eigenvalue weighted by molar-refractivity contribution is 8.00. The zero-order valence-electron chi connectivity index (χ0n) is 15.3. The molecule has 0 aliphatic rings. The minimum Gasteiger partial charge on any atom is -0.478 e. The van der Waals surface area contributed by atoms with Crippen molar-refractivity contribution in [3.8, 4) is 0 Å². The Labute approximate surface area is 170 Å². The molecule has 0 aliphatic heterocycles. The summed E-state index contributed by atoms with van der Waals surface area (Å²) in [5.41, 5.74) is 1.78. The number of carboxylic acid groups (broad SMARTS) is 2. The fourth-order valence-corrected chi connectivity index (χ4v) is 2.89. The van der Waals surface area contributed by atoms with Crippen LogP contribution in [-0.2, 0) is 14.4 Å². The molecule has 2 aromatic rings. The van der Waals surface area contributed by atoms with Gasteiger partial charge in [0.05, 0.1) is 11.3 Å². The van der Waals surface area contributed by atoms with E-state index in [1.807, 2.05) is 0 Å². The summed E-state index contributed by atoms with van der Waals surface area (Å²) in [7, 11) is 0. The maximum atomic E-state index is 12.2. The number of carbonyl (C=O) groups is 4. The minimum absolute atomic E-state index is 0.0920. The second-order valence-electron chi connectivity index (χ2n) is 5.86. The average Bonchev–Trinajstić information content (AvgIpc) is 2.67. The lowest BCUT2D eigenvalue weighted by Crippen LogP contribution is -2.15. The molecule has 0 aromatic heterocycles. The van der Waals surface area contributed by atoms with Gasteiger partial charge in [-0.2, -0.15) is 0 Å². The Bertz CT molecular complexity index is 969. The topological polar surface area (TPSA) is 133 Å². The number of carbonyl (C=O) groups excluding carboxylic acids is 2. The van der Waals surface area contributed by atoms with E-state index in [1.54, 1.807) is 37.3 Å². The fraction of sp³-hybridized carbons (Fsp3) is 0.100. The number of thioether (sulfide) groups is 1. The molecule has 0 unspecified atom stereocenters. The molecule has 0 fully saturated rings. The predicted octanol–water partition coefficient (Wildman–Crippen LogP) is 3.00. The first kappa shape index (κ1) is 21.7. The lowest BCUT2D eigenvalue weighted by Gasteiger charge is -2.09. The standard InChI is InChI=1S/C20H18N2O6S/c1-12-2-3-13(20(27)28)10-16(12)22-18(24)11-29-15-6-4-14(5-7-15)21-17(23)8-9-19(25)26/h2-10H,11H2,1H3,(H,21,23)(H,22,24)(H,25,26)(H,27,28)/b9-8+. The summed E-state index contributed by atoms with van der Waals surface area (Å²) >= 11 is 1.27. The van der Waals surface area contributed by atoms with Crippen LogP contribution >= 0.6 is 11.8 Å². The second kappa shape index (κ2) is 10.1. The Morgan fingerprint density at radius 3 is 2.28 bits per heavy atom. The number of aliphatic carboxylic acids is 1.